The number of aryl methyl sites for hydroxylation is 1. The molecule has 5 heteroatoms. The average Bonchev–Trinajstić information content (AvgIpc) is 2.43. The second-order valence-corrected chi connectivity index (χ2v) is 5.31. The molecule has 0 bridgehead atoms. The molecule has 0 aliphatic rings. The molecule has 0 saturated carbocycles. The van der Waals surface area contributed by atoms with Crippen LogP contribution in [-0.4, -0.2) is 7.05 Å². The molecule has 0 aliphatic carbocycles. The van der Waals surface area contributed by atoms with Crippen LogP contribution in [0, 0.1) is 18.6 Å². The van der Waals surface area contributed by atoms with Crippen molar-refractivity contribution >= 4 is 23.2 Å². The van der Waals surface area contributed by atoms with Crippen LogP contribution in [0.5, 0.6) is 0 Å². The number of rotatable bonds is 3. The number of hydrogen-bond donors (Lipinski definition) is 1. The van der Waals surface area contributed by atoms with Crippen molar-refractivity contribution in [3.63, 3.8) is 0 Å². The molecule has 0 saturated heterocycles. The van der Waals surface area contributed by atoms with Crippen LogP contribution in [0.25, 0.3) is 0 Å². The van der Waals surface area contributed by atoms with Gasteiger partial charge in [-0.2, -0.15) is 0 Å². The summed E-state index contributed by atoms with van der Waals surface area (Å²) in [7, 11) is 1.67. The van der Waals surface area contributed by atoms with Gasteiger partial charge in [-0.1, -0.05) is 41.4 Å². The first kappa shape index (κ1) is 15.2. The standard InChI is InChI=1S/C15H13Cl2F2N/c1-8-3-5-10(14(19)13(8)18)15(20-2)9-4-6-11(16)12(17)7-9/h3-7,15,20H,1-2H3. The van der Waals surface area contributed by atoms with Crippen molar-refractivity contribution < 1.29 is 8.78 Å². The first-order chi connectivity index (χ1) is 9.45. The normalized spacial score (nSPS) is 12.5. The highest BCUT2D eigenvalue weighted by Crippen LogP contribution is 2.31. The van der Waals surface area contributed by atoms with E-state index in [1.54, 1.807) is 37.4 Å². The summed E-state index contributed by atoms with van der Waals surface area (Å²) in [5.74, 6) is -1.68. The lowest BCUT2D eigenvalue weighted by Crippen LogP contribution is -2.19. The molecule has 2 rings (SSSR count). The predicted molar refractivity (Wildman–Crippen MR) is 78.5 cm³/mol. The van der Waals surface area contributed by atoms with Gasteiger partial charge in [0.15, 0.2) is 11.6 Å². The van der Waals surface area contributed by atoms with E-state index in [4.69, 9.17) is 23.2 Å². The summed E-state index contributed by atoms with van der Waals surface area (Å²) in [4.78, 5) is 0. The van der Waals surface area contributed by atoms with Gasteiger partial charge in [-0.3, -0.25) is 0 Å². The van der Waals surface area contributed by atoms with Crippen LogP contribution in [0.3, 0.4) is 0 Å². The Hall–Kier alpha value is -1.16. The summed E-state index contributed by atoms with van der Waals surface area (Å²) in [5.41, 5.74) is 1.22. The van der Waals surface area contributed by atoms with Gasteiger partial charge in [-0.15, -0.1) is 0 Å². The molecular weight excluding hydrogens is 303 g/mol. The number of nitrogens with one attached hydrogen (secondary N) is 1. The minimum atomic E-state index is -0.851. The van der Waals surface area contributed by atoms with E-state index in [1.807, 2.05) is 0 Å². The smallest absolute Gasteiger partial charge is 0.164 e. The fourth-order valence-electron chi connectivity index (χ4n) is 2.08. The van der Waals surface area contributed by atoms with Crippen molar-refractivity contribution in [3.8, 4) is 0 Å². The maximum Gasteiger partial charge on any atom is 0.164 e. The SMILES string of the molecule is CNC(c1ccc(Cl)c(Cl)c1)c1ccc(C)c(F)c1F. The van der Waals surface area contributed by atoms with Gasteiger partial charge >= 0.3 is 0 Å². The highest BCUT2D eigenvalue weighted by atomic mass is 35.5. The second kappa shape index (κ2) is 6.08. The van der Waals surface area contributed by atoms with Crippen molar-refractivity contribution in [2.24, 2.45) is 0 Å². The summed E-state index contributed by atoms with van der Waals surface area (Å²) in [6.07, 6.45) is 0. The van der Waals surface area contributed by atoms with Gasteiger partial charge in [-0.25, -0.2) is 8.78 Å². The molecule has 1 unspecified atom stereocenters. The van der Waals surface area contributed by atoms with E-state index in [0.717, 1.165) is 0 Å². The Morgan fingerprint density at radius 2 is 1.70 bits per heavy atom. The Morgan fingerprint density at radius 1 is 1.00 bits per heavy atom. The Kier molecular flexibility index (Phi) is 4.63. The van der Waals surface area contributed by atoms with Crippen molar-refractivity contribution in [2.75, 3.05) is 7.05 Å². The molecule has 2 aromatic carbocycles. The Balaban J connectivity index is 2.52. The van der Waals surface area contributed by atoms with E-state index in [2.05, 4.69) is 5.32 Å². The summed E-state index contributed by atoms with van der Waals surface area (Å²) in [6, 6.07) is 7.62. The van der Waals surface area contributed by atoms with Crippen LogP contribution in [0.1, 0.15) is 22.7 Å². The zero-order valence-corrected chi connectivity index (χ0v) is 12.5. The molecule has 1 N–H and O–H groups in total. The first-order valence-corrected chi connectivity index (χ1v) is 6.78. The lowest BCUT2D eigenvalue weighted by Gasteiger charge is -2.19. The van der Waals surface area contributed by atoms with E-state index in [0.29, 0.717) is 15.6 Å². The van der Waals surface area contributed by atoms with Crippen LogP contribution in [0.4, 0.5) is 8.78 Å². The fraction of sp³-hybridized carbons (Fsp3) is 0.200. The molecule has 1 atom stereocenters. The lowest BCUT2D eigenvalue weighted by molar-refractivity contribution is 0.482. The van der Waals surface area contributed by atoms with Crippen LogP contribution >= 0.6 is 23.2 Å². The third-order valence-electron chi connectivity index (χ3n) is 3.18. The monoisotopic (exact) mass is 315 g/mol. The highest BCUT2D eigenvalue weighted by molar-refractivity contribution is 6.42. The molecule has 0 aliphatic heterocycles. The van der Waals surface area contributed by atoms with E-state index >= 15 is 0 Å². The summed E-state index contributed by atoms with van der Waals surface area (Å²) in [6.45, 7) is 1.52. The summed E-state index contributed by atoms with van der Waals surface area (Å²) in [5, 5.41) is 3.75. The molecule has 0 spiro atoms. The van der Waals surface area contributed by atoms with Crippen LogP contribution in [0.2, 0.25) is 10.0 Å². The van der Waals surface area contributed by atoms with Crippen molar-refractivity contribution in [3.05, 3.63) is 68.7 Å². The van der Waals surface area contributed by atoms with Gasteiger partial charge < -0.3 is 5.32 Å². The topological polar surface area (TPSA) is 12.0 Å². The predicted octanol–water partition coefficient (Wildman–Crippen LogP) is 4.89. The molecule has 106 valence electrons. The minimum absolute atomic E-state index is 0.231. The third-order valence-corrected chi connectivity index (χ3v) is 3.92. The van der Waals surface area contributed by atoms with Gasteiger partial charge in [0, 0.05) is 5.56 Å². The average molecular weight is 316 g/mol. The lowest BCUT2D eigenvalue weighted by atomic mass is 9.97. The number of halogens is 4. The maximum absolute atomic E-state index is 14.1. The van der Waals surface area contributed by atoms with E-state index in [1.165, 1.54) is 6.92 Å². The quantitative estimate of drug-likeness (QED) is 0.850. The van der Waals surface area contributed by atoms with Crippen molar-refractivity contribution in [1.82, 2.24) is 5.32 Å². The van der Waals surface area contributed by atoms with Gasteiger partial charge in [0.2, 0.25) is 0 Å². The molecule has 0 fully saturated rings. The van der Waals surface area contributed by atoms with Gasteiger partial charge in [-0.05, 0) is 37.2 Å². The van der Waals surface area contributed by atoms with E-state index < -0.39 is 17.7 Å². The number of benzene rings is 2. The Morgan fingerprint density at radius 3 is 2.30 bits per heavy atom. The van der Waals surface area contributed by atoms with E-state index in [-0.39, 0.29) is 11.1 Å². The van der Waals surface area contributed by atoms with Gasteiger partial charge in [0.1, 0.15) is 0 Å². The third kappa shape index (κ3) is 2.80. The molecular formula is C15H13Cl2F2N. The molecule has 20 heavy (non-hydrogen) atoms. The Labute approximate surface area is 126 Å². The summed E-state index contributed by atoms with van der Waals surface area (Å²) < 4.78 is 27.8. The number of hydrogen-bond acceptors (Lipinski definition) is 1. The van der Waals surface area contributed by atoms with Crippen molar-refractivity contribution in [2.45, 2.75) is 13.0 Å². The van der Waals surface area contributed by atoms with Crippen molar-refractivity contribution in [1.29, 1.82) is 0 Å². The first-order valence-electron chi connectivity index (χ1n) is 6.02. The van der Waals surface area contributed by atoms with Crippen LogP contribution in [-0.2, 0) is 0 Å². The second-order valence-electron chi connectivity index (χ2n) is 4.49. The molecule has 0 aromatic heterocycles. The zero-order chi connectivity index (χ0) is 14.9. The zero-order valence-electron chi connectivity index (χ0n) is 11.0. The molecule has 0 radical (unpaired) electrons. The van der Waals surface area contributed by atoms with Crippen LogP contribution in [0.15, 0.2) is 30.3 Å². The highest BCUT2D eigenvalue weighted by Gasteiger charge is 2.20. The molecule has 1 nitrogen and oxygen atoms in total. The fourth-order valence-corrected chi connectivity index (χ4v) is 2.38. The molecule has 2 aromatic rings. The van der Waals surface area contributed by atoms with Gasteiger partial charge in [0.05, 0.1) is 16.1 Å². The molecule has 0 heterocycles. The van der Waals surface area contributed by atoms with E-state index in [9.17, 15) is 8.78 Å². The maximum atomic E-state index is 14.1. The summed E-state index contributed by atoms with van der Waals surface area (Å²) >= 11 is 11.8. The van der Waals surface area contributed by atoms with Crippen LogP contribution < -0.4 is 5.32 Å². The molecule has 0 amide bonds. The minimum Gasteiger partial charge on any atom is -0.309 e. The Bertz CT molecular complexity index is 644. The largest absolute Gasteiger partial charge is 0.309 e. The van der Waals surface area contributed by atoms with Gasteiger partial charge in [0.25, 0.3) is 0 Å².